The van der Waals surface area contributed by atoms with E-state index >= 15 is 0 Å². The molecule has 2 aromatic heterocycles. The second-order valence-electron chi connectivity index (χ2n) is 6.49. The lowest BCUT2D eigenvalue weighted by Gasteiger charge is -2.28. The molecule has 1 N–H and O–H groups in total. The summed E-state index contributed by atoms with van der Waals surface area (Å²) in [6, 6.07) is 8.33. The molecule has 1 aliphatic heterocycles. The zero-order chi connectivity index (χ0) is 18.8. The van der Waals surface area contributed by atoms with E-state index in [1.165, 1.54) is 6.07 Å². The van der Waals surface area contributed by atoms with Crippen molar-refractivity contribution >= 4 is 0 Å². The van der Waals surface area contributed by atoms with Crippen molar-refractivity contribution in [2.45, 2.75) is 19.5 Å². The maximum absolute atomic E-state index is 14.1. The summed E-state index contributed by atoms with van der Waals surface area (Å²) in [6.45, 7) is 1.60. The Kier molecular flexibility index (Phi) is 4.68. The molecule has 7 heteroatoms. The van der Waals surface area contributed by atoms with Crippen LogP contribution in [0.2, 0.25) is 0 Å². The summed E-state index contributed by atoms with van der Waals surface area (Å²) >= 11 is 0. The Balaban J connectivity index is 1.61. The van der Waals surface area contributed by atoms with Crippen molar-refractivity contribution in [1.29, 1.82) is 0 Å². The minimum Gasteiger partial charge on any atom is -0.497 e. The van der Waals surface area contributed by atoms with Gasteiger partial charge in [-0.1, -0.05) is 0 Å². The van der Waals surface area contributed by atoms with Crippen LogP contribution in [0.3, 0.4) is 0 Å². The number of fused-ring (bicyclic) bond motifs is 1. The largest absolute Gasteiger partial charge is 0.497 e. The maximum atomic E-state index is 14.1. The molecular formula is C20H19FN4O2. The number of aromatic amines is 1. The van der Waals surface area contributed by atoms with Gasteiger partial charge in [0.1, 0.15) is 17.4 Å². The molecular weight excluding hydrogens is 347 g/mol. The van der Waals surface area contributed by atoms with E-state index in [-0.39, 0.29) is 11.4 Å². The van der Waals surface area contributed by atoms with E-state index in [2.05, 4.69) is 19.9 Å². The number of nitrogens with one attached hydrogen (secondary N) is 1. The minimum absolute atomic E-state index is 0.112. The third kappa shape index (κ3) is 3.59. The summed E-state index contributed by atoms with van der Waals surface area (Å²) in [4.78, 5) is 26.0. The predicted octanol–water partition coefficient (Wildman–Crippen LogP) is 2.54. The van der Waals surface area contributed by atoms with Gasteiger partial charge in [0.05, 0.1) is 12.8 Å². The Morgan fingerprint density at radius 1 is 1.26 bits per heavy atom. The van der Waals surface area contributed by atoms with Crippen LogP contribution in [0.5, 0.6) is 5.75 Å². The van der Waals surface area contributed by atoms with Crippen molar-refractivity contribution in [3.05, 3.63) is 75.7 Å². The highest BCUT2D eigenvalue weighted by molar-refractivity contribution is 5.54. The molecule has 0 amide bonds. The summed E-state index contributed by atoms with van der Waals surface area (Å²) in [5.41, 5.74) is 2.70. The lowest BCUT2D eigenvalue weighted by Crippen LogP contribution is -2.35. The molecule has 4 rings (SSSR count). The molecule has 0 radical (unpaired) electrons. The molecule has 27 heavy (non-hydrogen) atoms. The molecule has 1 aromatic carbocycles. The van der Waals surface area contributed by atoms with Gasteiger partial charge >= 0.3 is 0 Å². The van der Waals surface area contributed by atoms with Crippen LogP contribution in [0, 0.1) is 5.82 Å². The number of hydrogen-bond acceptors (Lipinski definition) is 5. The second kappa shape index (κ2) is 7.28. The van der Waals surface area contributed by atoms with Crippen LogP contribution in [-0.2, 0) is 19.5 Å². The third-order valence-electron chi connectivity index (χ3n) is 4.75. The molecule has 0 saturated heterocycles. The van der Waals surface area contributed by atoms with E-state index in [1.54, 1.807) is 43.8 Å². The van der Waals surface area contributed by atoms with Crippen LogP contribution in [0.1, 0.15) is 16.8 Å². The summed E-state index contributed by atoms with van der Waals surface area (Å²) < 4.78 is 19.3. The Labute approximate surface area is 155 Å². The number of nitrogens with zero attached hydrogens (tertiary/aromatic N) is 3. The fourth-order valence-electron chi connectivity index (χ4n) is 3.32. The van der Waals surface area contributed by atoms with Gasteiger partial charge in [-0.2, -0.15) is 0 Å². The standard InChI is InChI=1S/C20H19FN4O2/c1-27-15-2-3-17(21)14(10-15)11-25-9-6-16-18(12-25)23-19(24-20(16)26)13-4-7-22-8-5-13/h2-5,7-8,10H,6,9,11-12H2,1H3,(H,23,24,26). The molecule has 3 heterocycles. The lowest BCUT2D eigenvalue weighted by atomic mass is 10.0. The first-order valence-corrected chi connectivity index (χ1v) is 8.71. The van der Waals surface area contributed by atoms with E-state index in [4.69, 9.17) is 4.74 Å². The van der Waals surface area contributed by atoms with E-state index in [0.717, 1.165) is 11.3 Å². The highest BCUT2D eigenvalue weighted by Crippen LogP contribution is 2.22. The van der Waals surface area contributed by atoms with Crippen molar-refractivity contribution in [2.75, 3.05) is 13.7 Å². The molecule has 0 bridgehead atoms. The Bertz CT molecular complexity index is 1020. The number of halogens is 1. The maximum Gasteiger partial charge on any atom is 0.254 e. The van der Waals surface area contributed by atoms with Crippen molar-refractivity contribution in [1.82, 2.24) is 19.9 Å². The average molecular weight is 366 g/mol. The summed E-state index contributed by atoms with van der Waals surface area (Å²) in [7, 11) is 1.56. The van der Waals surface area contributed by atoms with Gasteiger partial charge in [0.2, 0.25) is 0 Å². The van der Waals surface area contributed by atoms with Gasteiger partial charge in [-0.15, -0.1) is 0 Å². The van der Waals surface area contributed by atoms with Crippen LogP contribution in [0.25, 0.3) is 11.4 Å². The van der Waals surface area contributed by atoms with E-state index in [1.807, 2.05) is 0 Å². The molecule has 0 fully saturated rings. The molecule has 0 spiro atoms. The van der Waals surface area contributed by atoms with Gasteiger partial charge in [-0.25, -0.2) is 9.37 Å². The number of H-pyrrole nitrogens is 1. The molecule has 0 unspecified atom stereocenters. The Morgan fingerprint density at radius 3 is 2.85 bits per heavy atom. The number of aromatic nitrogens is 3. The summed E-state index contributed by atoms with van der Waals surface area (Å²) in [5.74, 6) is 0.881. The van der Waals surface area contributed by atoms with Crippen LogP contribution in [0.15, 0.2) is 47.5 Å². The normalized spacial score (nSPS) is 14.0. The van der Waals surface area contributed by atoms with Crippen LogP contribution < -0.4 is 10.3 Å². The highest BCUT2D eigenvalue weighted by Gasteiger charge is 2.22. The molecule has 6 nitrogen and oxygen atoms in total. The number of rotatable bonds is 4. The number of ether oxygens (including phenoxy) is 1. The van der Waals surface area contributed by atoms with E-state index in [9.17, 15) is 9.18 Å². The SMILES string of the molecule is COc1ccc(F)c(CN2CCc3c(nc(-c4ccncc4)[nH]c3=O)C2)c1. The molecule has 0 atom stereocenters. The van der Waals surface area contributed by atoms with Crippen molar-refractivity contribution in [3.63, 3.8) is 0 Å². The first-order valence-electron chi connectivity index (χ1n) is 8.71. The molecule has 138 valence electrons. The van der Waals surface area contributed by atoms with Gasteiger partial charge in [0.25, 0.3) is 5.56 Å². The molecule has 0 saturated carbocycles. The monoisotopic (exact) mass is 366 g/mol. The van der Waals surface area contributed by atoms with Gasteiger partial charge in [0.15, 0.2) is 0 Å². The first-order chi connectivity index (χ1) is 13.1. The van der Waals surface area contributed by atoms with Crippen molar-refractivity contribution in [3.8, 4) is 17.1 Å². The van der Waals surface area contributed by atoms with Crippen molar-refractivity contribution < 1.29 is 9.13 Å². The molecule has 0 aliphatic carbocycles. The van der Waals surface area contributed by atoms with Gasteiger partial charge in [-0.05, 0) is 36.8 Å². The van der Waals surface area contributed by atoms with Gasteiger partial charge in [-0.3, -0.25) is 14.7 Å². The number of benzene rings is 1. The topological polar surface area (TPSA) is 71.1 Å². The predicted molar refractivity (Wildman–Crippen MR) is 98.9 cm³/mol. The zero-order valence-electron chi connectivity index (χ0n) is 14.9. The summed E-state index contributed by atoms with van der Waals surface area (Å²) in [6.07, 6.45) is 3.90. The second-order valence-corrected chi connectivity index (χ2v) is 6.49. The molecule has 1 aliphatic rings. The third-order valence-corrected chi connectivity index (χ3v) is 4.75. The quantitative estimate of drug-likeness (QED) is 0.768. The lowest BCUT2D eigenvalue weighted by molar-refractivity contribution is 0.237. The Morgan fingerprint density at radius 2 is 2.07 bits per heavy atom. The number of hydrogen-bond donors (Lipinski definition) is 1. The Hall–Kier alpha value is -3.06. The van der Waals surface area contributed by atoms with E-state index < -0.39 is 0 Å². The van der Waals surface area contributed by atoms with Gasteiger partial charge < -0.3 is 9.72 Å². The zero-order valence-corrected chi connectivity index (χ0v) is 14.9. The summed E-state index contributed by atoms with van der Waals surface area (Å²) in [5, 5.41) is 0. The smallest absolute Gasteiger partial charge is 0.254 e. The van der Waals surface area contributed by atoms with Gasteiger partial charge in [0, 0.05) is 48.7 Å². The van der Waals surface area contributed by atoms with Crippen molar-refractivity contribution in [2.24, 2.45) is 0 Å². The highest BCUT2D eigenvalue weighted by atomic mass is 19.1. The fraction of sp³-hybridized carbons (Fsp3) is 0.250. The average Bonchev–Trinajstić information content (AvgIpc) is 2.70. The van der Waals surface area contributed by atoms with E-state index in [0.29, 0.717) is 48.8 Å². The van der Waals surface area contributed by atoms with Crippen LogP contribution >= 0.6 is 0 Å². The number of methoxy groups -OCH3 is 1. The fourth-order valence-corrected chi connectivity index (χ4v) is 3.32. The minimum atomic E-state index is -0.266. The molecule has 3 aromatic rings. The number of pyridine rings is 1. The van der Waals surface area contributed by atoms with Crippen LogP contribution in [0.4, 0.5) is 4.39 Å². The first kappa shape index (κ1) is 17.4. The van der Waals surface area contributed by atoms with Crippen LogP contribution in [-0.4, -0.2) is 33.5 Å².